The van der Waals surface area contributed by atoms with Crippen LogP contribution in [0.2, 0.25) is 0 Å². The van der Waals surface area contributed by atoms with Gasteiger partial charge in [0, 0.05) is 6.54 Å². The molecule has 0 amide bonds. The zero-order valence-electron chi connectivity index (χ0n) is 12.0. The fraction of sp³-hybridized carbons (Fsp3) is 0.625. The molecular formula is C16H27N. The van der Waals surface area contributed by atoms with Crippen molar-refractivity contribution in [2.45, 2.75) is 41.2 Å². The largest absolute Gasteiger partial charge is 0.312 e. The summed E-state index contributed by atoms with van der Waals surface area (Å²) in [6.07, 6.45) is 0. The van der Waals surface area contributed by atoms with E-state index in [-0.39, 0.29) is 0 Å². The first-order chi connectivity index (χ1) is 8.00. The lowest BCUT2D eigenvalue weighted by molar-refractivity contribution is 0.275. The van der Waals surface area contributed by atoms with Gasteiger partial charge in [0.05, 0.1) is 0 Å². The van der Waals surface area contributed by atoms with Crippen LogP contribution in [0.5, 0.6) is 0 Å². The summed E-state index contributed by atoms with van der Waals surface area (Å²) in [5.74, 6) is 2.26. The Morgan fingerprint density at radius 1 is 1.06 bits per heavy atom. The first-order valence-electron chi connectivity index (χ1n) is 6.77. The molecule has 1 nitrogen and oxygen atoms in total. The molecule has 0 unspecified atom stereocenters. The van der Waals surface area contributed by atoms with Crippen LogP contribution in [0.3, 0.4) is 0 Å². The van der Waals surface area contributed by atoms with Crippen molar-refractivity contribution >= 4 is 0 Å². The second-order valence-electron chi connectivity index (χ2n) is 5.77. The molecule has 0 spiro atoms. The molecule has 0 atom stereocenters. The number of rotatable bonds is 6. The van der Waals surface area contributed by atoms with Gasteiger partial charge >= 0.3 is 0 Å². The number of hydrogen-bond acceptors (Lipinski definition) is 1. The summed E-state index contributed by atoms with van der Waals surface area (Å²) in [6, 6.07) is 8.73. The van der Waals surface area contributed by atoms with E-state index < -0.39 is 0 Å². The van der Waals surface area contributed by atoms with Crippen molar-refractivity contribution < 1.29 is 0 Å². The fourth-order valence-corrected chi connectivity index (χ4v) is 2.45. The van der Waals surface area contributed by atoms with Crippen LogP contribution >= 0.6 is 0 Å². The second-order valence-corrected chi connectivity index (χ2v) is 5.77. The maximum atomic E-state index is 3.59. The van der Waals surface area contributed by atoms with Gasteiger partial charge in [-0.1, -0.05) is 57.5 Å². The monoisotopic (exact) mass is 233 g/mol. The highest BCUT2D eigenvalue weighted by Crippen LogP contribution is 2.19. The van der Waals surface area contributed by atoms with Crippen molar-refractivity contribution in [2.75, 3.05) is 6.54 Å². The SMILES string of the molecule is Cc1cccc(CNCC(C(C)C)C(C)C)c1. The van der Waals surface area contributed by atoms with Gasteiger partial charge in [-0.3, -0.25) is 0 Å². The van der Waals surface area contributed by atoms with Gasteiger partial charge in [0.2, 0.25) is 0 Å². The van der Waals surface area contributed by atoms with Gasteiger partial charge in [0.25, 0.3) is 0 Å². The number of hydrogen-bond donors (Lipinski definition) is 1. The van der Waals surface area contributed by atoms with Gasteiger partial charge in [-0.25, -0.2) is 0 Å². The molecule has 0 aliphatic carbocycles. The molecule has 0 aliphatic heterocycles. The standard InChI is InChI=1S/C16H27N/c1-12(2)16(13(3)4)11-17-10-15-8-6-7-14(5)9-15/h6-9,12-13,16-17H,10-11H2,1-5H3. The van der Waals surface area contributed by atoms with E-state index in [0.717, 1.165) is 30.8 Å². The van der Waals surface area contributed by atoms with E-state index in [9.17, 15) is 0 Å². The Morgan fingerprint density at radius 2 is 1.71 bits per heavy atom. The minimum atomic E-state index is 0.750. The minimum absolute atomic E-state index is 0.750. The van der Waals surface area contributed by atoms with Crippen molar-refractivity contribution in [1.29, 1.82) is 0 Å². The Kier molecular flexibility index (Phi) is 5.70. The lowest BCUT2D eigenvalue weighted by Crippen LogP contribution is -2.29. The molecule has 1 aromatic carbocycles. The zero-order valence-corrected chi connectivity index (χ0v) is 12.0. The molecule has 0 bridgehead atoms. The molecule has 0 aromatic heterocycles. The van der Waals surface area contributed by atoms with Crippen LogP contribution in [0.1, 0.15) is 38.8 Å². The van der Waals surface area contributed by atoms with Crippen molar-refractivity contribution in [3.63, 3.8) is 0 Å². The first-order valence-corrected chi connectivity index (χ1v) is 6.77. The van der Waals surface area contributed by atoms with Crippen LogP contribution in [0, 0.1) is 24.7 Å². The third-order valence-electron chi connectivity index (χ3n) is 3.50. The molecule has 0 aliphatic rings. The van der Waals surface area contributed by atoms with Crippen LogP contribution in [0.4, 0.5) is 0 Å². The lowest BCUT2D eigenvalue weighted by Gasteiger charge is -2.25. The molecular weight excluding hydrogens is 206 g/mol. The van der Waals surface area contributed by atoms with Gasteiger partial charge in [0.1, 0.15) is 0 Å². The predicted molar refractivity (Wildman–Crippen MR) is 76.1 cm³/mol. The van der Waals surface area contributed by atoms with E-state index in [1.54, 1.807) is 0 Å². The lowest BCUT2D eigenvalue weighted by atomic mass is 9.85. The normalized spacial score (nSPS) is 11.8. The molecule has 1 N–H and O–H groups in total. The molecule has 0 fully saturated rings. The van der Waals surface area contributed by atoms with Crippen molar-refractivity contribution in [1.82, 2.24) is 5.32 Å². The van der Waals surface area contributed by atoms with Gasteiger partial charge in [-0.05, 0) is 36.8 Å². The summed E-state index contributed by atoms with van der Waals surface area (Å²) < 4.78 is 0. The summed E-state index contributed by atoms with van der Waals surface area (Å²) in [7, 11) is 0. The average molecular weight is 233 g/mol. The molecule has 1 rings (SSSR count). The third kappa shape index (κ3) is 4.91. The van der Waals surface area contributed by atoms with Crippen LogP contribution in [0.15, 0.2) is 24.3 Å². The molecule has 1 aromatic rings. The van der Waals surface area contributed by atoms with E-state index >= 15 is 0 Å². The van der Waals surface area contributed by atoms with Gasteiger partial charge in [0.15, 0.2) is 0 Å². The summed E-state index contributed by atoms with van der Waals surface area (Å²) in [6.45, 7) is 13.5. The Bertz CT molecular complexity index is 320. The van der Waals surface area contributed by atoms with E-state index in [1.807, 2.05) is 0 Å². The molecule has 0 radical (unpaired) electrons. The molecule has 17 heavy (non-hydrogen) atoms. The zero-order chi connectivity index (χ0) is 12.8. The van der Waals surface area contributed by atoms with E-state index in [4.69, 9.17) is 0 Å². The number of nitrogens with one attached hydrogen (secondary N) is 1. The average Bonchev–Trinajstić information content (AvgIpc) is 2.23. The summed E-state index contributed by atoms with van der Waals surface area (Å²) >= 11 is 0. The summed E-state index contributed by atoms with van der Waals surface area (Å²) in [5, 5.41) is 3.59. The predicted octanol–water partition coefficient (Wildman–Crippen LogP) is 4.01. The van der Waals surface area contributed by atoms with Crippen LogP contribution in [-0.4, -0.2) is 6.54 Å². The van der Waals surface area contributed by atoms with Crippen molar-refractivity contribution in [3.8, 4) is 0 Å². The summed E-state index contributed by atoms with van der Waals surface area (Å²) in [5.41, 5.74) is 2.73. The van der Waals surface area contributed by atoms with Gasteiger partial charge in [-0.2, -0.15) is 0 Å². The third-order valence-corrected chi connectivity index (χ3v) is 3.50. The molecule has 0 saturated carbocycles. The maximum absolute atomic E-state index is 3.59. The van der Waals surface area contributed by atoms with Gasteiger partial charge < -0.3 is 5.32 Å². The minimum Gasteiger partial charge on any atom is -0.312 e. The highest BCUT2D eigenvalue weighted by Gasteiger charge is 2.16. The first kappa shape index (κ1) is 14.2. The topological polar surface area (TPSA) is 12.0 Å². The second kappa shape index (κ2) is 6.80. The Hall–Kier alpha value is -0.820. The highest BCUT2D eigenvalue weighted by atomic mass is 14.9. The van der Waals surface area contributed by atoms with Crippen molar-refractivity contribution in [2.24, 2.45) is 17.8 Å². The smallest absolute Gasteiger partial charge is 0.0205 e. The Balaban J connectivity index is 2.41. The molecule has 0 saturated heterocycles. The number of aryl methyl sites for hydroxylation is 1. The van der Waals surface area contributed by atoms with Crippen LogP contribution < -0.4 is 5.32 Å². The maximum Gasteiger partial charge on any atom is 0.0205 e. The van der Waals surface area contributed by atoms with E-state index in [0.29, 0.717) is 0 Å². The van der Waals surface area contributed by atoms with Crippen LogP contribution in [-0.2, 0) is 6.54 Å². The van der Waals surface area contributed by atoms with Crippen LogP contribution in [0.25, 0.3) is 0 Å². The molecule has 1 heteroatoms. The van der Waals surface area contributed by atoms with E-state index in [2.05, 4.69) is 64.2 Å². The highest BCUT2D eigenvalue weighted by molar-refractivity contribution is 5.21. The number of benzene rings is 1. The Morgan fingerprint density at radius 3 is 2.24 bits per heavy atom. The Labute approximate surface area is 107 Å². The van der Waals surface area contributed by atoms with E-state index in [1.165, 1.54) is 11.1 Å². The van der Waals surface area contributed by atoms with Crippen molar-refractivity contribution in [3.05, 3.63) is 35.4 Å². The molecule has 0 heterocycles. The fourth-order valence-electron chi connectivity index (χ4n) is 2.45. The van der Waals surface area contributed by atoms with Gasteiger partial charge in [-0.15, -0.1) is 0 Å². The summed E-state index contributed by atoms with van der Waals surface area (Å²) in [4.78, 5) is 0. The quantitative estimate of drug-likeness (QED) is 0.782. The molecule has 96 valence electrons.